The lowest BCUT2D eigenvalue weighted by molar-refractivity contribution is 0.315. The molecule has 0 fully saturated rings. The van der Waals surface area contributed by atoms with Crippen molar-refractivity contribution in [1.29, 1.82) is 0 Å². The second kappa shape index (κ2) is 6.36. The maximum atomic E-state index is 5.85. The van der Waals surface area contributed by atoms with Crippen LogP contribution in [-0.4, -0.2) is 16.9 Å². The second-order valence-electron chi connectivity index (χ2n) is 5.63. The van der Waals surface area contributed by atoms with E-state index in [1.165, 1.54) is 15.3 Å². The first-order valence-electron chi connectivity index (χ1n) is 7.27. The smallest absolute Gasteiger partial charge is 0.236 e. The van der Waals surface area contributed by atoms with Crippen LogP contribution in [0.3, 0.4) is 0 Å². The van der Waals surface area contributed by atoms with E-state index in [9.17, 15) is 0 Å². The topological polar surface area (TPSA) is 29.3 Å². The molecule has 22 heavy (non-hydrogen) atoms. The number of aromatic nitrogens is 1. The number of oxazole rings is 1. The lowest BCUT2D eigenvalue weighted by Crippen LogP contribution is -2.17. The highest BCUT2D eigenvalue weighted by Gasteiger charge is 2.15. The fourth-order valence-electron chi connectivity index (χ4n) is 2.35. The minimum absolute atomic E-state index is 0.742. The molecule has 3 heterocycles. The molecule has 0 aliphatic rings. The molecule has 116 valence electrons. The lowest BCUT2D eigenvalue weighted by atomic mass is 10.2. The Bertz CT molecular complexity index is 769. The van der Waals surface area contributed by atoms with E-state index in [1.54, 1.807) is 11.3 Å². The van der Waals surface area contributed by atoms with Crippen LogP contribution in [0.15, 0.2) is 28.0 Å². The van der Waals surface area contributed by atoms with Crippen LogP contribution in [0.25, 0.3) is 10.8 Å². The van der Waals surface area contributed by atoms with E-state index in [0.717, 1.165) is 35.3 Å². The third kappa shape index (κ3) is 3.32. The molecule has 0 amide bonds. The van der Waals surface area contributed by atoms with Crippen LogP contribution in [-0.2, 0) is 13.1 Å². The van der Waals surface area contributed by atoms with Crippen LogP contribution < -0.4 is 0 Å². The van der Waals surface area contributed by atoms with Gasteiger partial charge >= 0.3 is 0 Å². The molecule has 3 rings (SSSR count). The molecule has 0 spiro atoms. The van der Waals surface area contributed by atoms with Crippen molar-refractivity contribution in [2.45, 2.75) is 33.9 Å². The van der Waals surface area contributed by atoms with Crippen LogP contribution in [0.5, 0.6) is 0 Å². The monoisotopic (exact) mass is 332 g/mol. The minimum Gasteiger partial charge on any atom is -0.440 e. The Morgan fingerprint density at radius 2 is 1.95 bits per heavy atom. The Labute approximate surface area is 139 Å². The van der Waals surface area contributed by atoms with E-state index in [2.05, 4.69) is 49.4 Å². The Morgan fingerprint density at radius 1 is 1.14 bits per heavy atom. The van der Waals surface area contributed by atoms with Crippen LogP contribution in [0.1, 0.15) is 26.8 Å². The first-order chi connectivity index (χ1) is 10.5. The second-order valence-corrected chi connectivity index (χ2v) is 7.92. The average Bonchev–Trinajstić information content (AvgIpc) is 3.14. The van der Waals surface area contributed by atoms with E-state index in [-0.39, 0.29) is 0 Å². The number of hydrogen-bond donors (Lipinski definition) is 0. The molecule has 0 aliphatic carbocycles. The lowest BCUT2D eigenvalue weighted by Gasteiger charge is -2.14. The number of thiophene rings is 2. The highest BCUT2D eigenvalue weighted by molar-refractivity contribution is 7.15. The van der Waals surface area contributed by atoms with Crippen molar-refractivity contribution in [3.05, 3.63) is 50.4 Å². The molecule has 3 aromatic rings. The number of nitrogens with zero attached hydrogens (tertiary/aromatic N) is 2. The predicted octanol–water partition coefficient (Wildman–Crippen LogP) is 5.02. The summed E-state index contributed by atoms with van der Waals surface area (Å²) < 4.78 is 5.85. The van der Waals surface area contributed by atoms with E-state index in [0.29, 0.717) is 0 Å². The molecule has 0 saturated heterocycles. The first kappa shape index (κ1) is 15.5. The zero-order valence-corrected chi connectivity index (χ0v) is 15.0. The van der Waals surface area contributed by atoms with Gasteiger partial charge < -0.3 is 4.42 Å². The van der Waals surface area contributed by atoms with Gasteiger partial charge in [-0.25, -0.2) is 4.98 Å². The fraction of sp³-hybridized carbons (Fsp3) is 0.353. The summed E-state index contributed by atoms with van der Waals surface area (Å²) >= 11 is 3.53. The van der Waals surface area contributed by atoms with Gasteiger partial charge in [-0.3, -0.25) is 4.90 Å². The molecule has 0 bridgehead atoms. The van der Waals surface area contributed by atoms with Crippen molar-refractivity contribution >= 4 is 22.7 Å². The van der Waals surface area contributed by atoms with Crippen molar-refractivity contribution in [2.75, 3.05) is 7.05 Å². The number of aryl methyl sites for hydroxylation is 3. The van der Waals surface area contributed by atoms with Gasteiger partial charge in [-0.2, -0.15) is 0 Å². The van der Waals surface area contributed by atoms with Crippen LogP contribution >= 0.6 is 22.7 Å². The minimum atomic E-state index is 0.742. The molecule has 0 atom stereocenters. The summed E-state index contributed by atoms with van der Waals surface area (Å²) in [7, 11) is 2.13. The van der Waals surface area contributed by atoms with Gasteiger partial charge in [0.2, 0.25) is 5.89 Å². The summed E-state index contributed by atoms with van der Waals surface area (Å²) in [5.74, 6) is 1.65. The number of hydrogen-bond acceptors (Lipinski definition) is 5. The molecule has 0 aromatic carbocycles. The highest BCUT2D eigenvalue weighted by atomic mass is 32.1. The molecular formula is C17H20N2OS2. The quantitative estimate of drug-likeness (QED) is 0.657. The SMILES string of the molecule is Cc1ccc(-c2nc(CN(C)Cc3sccc3C)c(C)o2)s1. The van der Waals surface area contributed by atoms with Crippen molar-refractivity contribution in [1.82, 2.24) is 9.88 Å². The summed E-state index contributed by atoms with van der Waals surface area (Å²) in [5, 5.41) is 2.15. The third-order valence-electron chi connectivity index (χ3n) is 3.65. The predicted molar refractivity (Wildman–Crippen MR) is 93.5 cm³/mol. The Balaban J connectivity index is 1.72. The zero-order valence-electron chi connectivity index (χ0n) is 13.3. The molecule has 3 nitrogen and oxygen atoms in total. The van der Waals surface area contributed by atoms with Gasteiger partial charge in [0, 0.05) is 22.8 Å². The van der Waals surface area contributed by atoms with Crippen LogP contribution in [0.2, 0.25) is 0 Å². The first-order valence-corrected chi connectivity index (χ1v) is 8.97. The molecule has 0 unspecified atom stereocenters. The van der Waals surface area contributed by atoms with Gasteiger partial charge in [0.05, 0.1) is 10.6 Å². The van der Waals surface area contributed by atoms with Gasteiger partial charge in [0.25, 0.3) is 0 Å². The zero-order chi connectivity index (χ0) is 15.7. The summed E-state index contributed by atoms with van der Waals surface area (Å²) in [4.78, 5) is 10.8. The van der Waals surface area contributed by atoms with Crippen molar-refractivity contribution in [2.24, 2.45) is 0 Å². The largest absolute Gasteiger partial charge is 0.440 e. The van der Waals surface area contributed by atoms with Gasteiger partial charge in [-0.05, 0) is 57.0 Å². The van der Waals surface area contributed by atoms with Gasteiger partial charge in [-0.15, -0.1) is 22.7 Å². The summed E-state index contributed by atoms with van der Waals surface area (Å²) in [6, 6.07) is 6.35. The summed E-state index contributed by atoms with van der Waals surface area (Å²) in [5.41, 5.74) is 2.39. The molecule has 3 aromatic heterocycles. The third-order valence-corrected chi connectivity index (χ3v) is 5.64. The fourth-order valence-corrected chi connectivity index (χ4v) is 4.13. The van der Waals surface area contributed by atoms with Crippen molar-refractivity contribution in [3.8, 4) is 10.8 Å². The Morgan fingerprint density at radius 3 is 2.59 bits per heavy atom. The van der Waals surface area contributed by atoms with Crippen LogP contribution in [0.4, 0.5) is 0 Å². The molecule has 0 aliphatic heterocycles. The molecular weight excluding hydrogens is 312 g/mol. The van der Waals surface area contributed by atoms with E-state index in [1.807, 2.05) is 18.3 Å². The molecule has 0 N–H and O–H groups in total. The normalized spacial score (nSPS) is 11.5. The number of rotatable bonds is 5. The van der Waals surface area contributed by atoms with E-state index in [4.69, 9.17) is 9.40 Å². The van der Waals surface area contributed by atoms with Crippen molar-refractivity contribution < 1.29 is 4.42 Å². The summed E-state index contributed by atoms with van der Waals surface area (Å²) in [6.07, 6.45) is 0. The molecule has 0 radical (unpaired) electrons. The van der Waals surface area contributed by atoms with Gasteiger partial charge in [-0.1, -0.05) is 0 Å². The molecule has 5 heteroatoms. The maximum absolute atomic E-state index is 5.85. The average molecular weight is 332 g/mol. The van der Waals surface area contributed by atoms with Crippen molar-refractivity contribution in [3.63, 3.8) is 0 Å². The maximum Gasteiger partial charge on any atom is 0.236 e. The standard InChI is InChI=1S/C17H20N2OS2/c1-11-7-8-21-16(11)10-19(4)9-14-13(3)20-17(18-14)15-6-5-12(2)22-15/h5-8H,9-10H2,1-4H3. The van der Waals surface area contributed by atoms with Gasteiger partial charge in [0.1, 0.15) is 5.76 Å². The van der Waals surface area contributed by atoms with E-state index < -0.39 is 0 Å². The van der Waals surface area contributed by atoms with E-state index >= 15 is 0 Å². The Kier molecular flexibility index (Phi) is 4.47. The van der Waals surface area contributed by atoms with Crippen LogP contribution in [0, 0.1) is 20.8 Å². The van der Waals surface area contributed by atoms with Gasteiger partial charge in [0.15, 0.2) is 0 Å². The molecule has 0 saturated carbocycles. The highest BCUT2D eigenvalue weighted by Crippen LogP contribution is 2.29. The summed E-state index contributed by atoms with van der Waals surface area (Å²) in [6.45, 7) is 8.01. The Hall–Kier alpha value is -1.43.